The number of aromatic hydroxyl groups is 1. The quantitative estimate of drug-likeness (QED) is 0.731. The summed E-state index contributed by atoms with van der Waals surface area (Å²) in [6.45, 7) is 0.633. The molecule has 0 unspecified atom stereocenters. The van der Waals surface area contributed by atoms with Gasteiger partial charge in [0.2, 0.25) is 0 Å². The predicted octanol–water partition coefficient (Wildman–Crippen LogP) is 4.72. The number of phenols is 1. The third-order valence-electron chi connectivity index (χ3n) is 3.10. The van der Waals surface area contributed by atoms with Crippen LogP contribution in [0.15, 0.2) is 59.3 Å². The van der Waals surface area contributed by atoms with Crippen molar-refractivity contribution in [2.24, 2.45) is 0 Å². The van der Waals surface area contributed by atoms with E-state index in [1.54, 1.807) is 18.3 Å². The topological polar surface area (TPSA) is 38.0 Å². The molecule has 2 aromatic carbocycles. The summed E-state index contributed by atoms with van der Waals surface area (Å²) in [4.78, 5) is 4.41. The molecule has 0 radical (unpaired) electrons. The second kappa shape index (κ2) is 5.92. The minimum Gasteiger partial charge on any atom is -0.508 e. The van der Waals surface area contributed by atoms with Crippen LogP contribution in [0.4, 0.5) is 0 Å². The van der Waals surface area contributed by atoms with Crippen molar-refractivity contribution in [1.29, 1.82) is 0 Å². The Balaban J connectivity index is 1.97. The van der Waals surface area contributed by atoms with E-state index >= 15 is 0 Å². The molecule has 3 nitrogen and oxygen atoms in total. The molecular weight excluding hydrogens is 352 g/mol. The van der Waals surface area contributed by atoms with E-state index in [1.807, 2.05) is 41.1 Å². The van der Waals surface area contributed by atoms with Gasteiger partial charge in [0.05, 0.1) is 0 Å². The molecule has 0 aliphatic rings. The minimum absolute atomic E-state index is 0.264. The van der Waals surface area contributed by atoms with E-state index in [0.29, 0.717) is 11.6 Å². The lowest BCUT2D eigenvalue weighted by atomic mass is 10.2. The van der Waals surface area contributed by atoms with Crippen LogP contribution in [-0.2, 0) is 6.54 Å². The van der Waals surface area contributed by atoms with Gasteiger partial charge in [0.1, 0.15) is 11.6 Å². The molecule has 1 aromatic heterocycles. The molecule has 0 bridgehead atoms. The lowest BCUT2D eigenvalue weighted by Gasteiger charge is -2.09. The Morgan fingerprint density at radius 2 is 2.05 bits per heavy atom. The van der Waals surface area contributed by atoms with Crippen molar-refractivity contribution >= 4 is 27.5 Å². The number of aromatic nitrogens is 2. The van der Waals surface area contributed by atoms with Gasteiger partial charge in [-0.1, -0.05) is 39.7 Å². The molecule has 1 heterocycles. The Hall–Kier alpha value is -1.78. The van der Waals surface area contributed by atoms with Crippen molar-refractivity contribution < 1.29 is 5.11 Å². The van der Waals surface area contributed by atoms with E-state index in [0.717, 1.165) is 21.4 Å². The highest BCUT2D eigenvalue weighted by Crippen LogP contribution is 2.27. The van der Waals surface area contributed by atoms with Crippen molar-refractivity contribution in [3.8, 4) is 17.1 Å². The monoisotopic (exact) mass is 362 g/mol. The van der Waals surface area contributed by atoms with Gasteiger partial charge in [-0.3, -0.25) is 0 Å². The molecular formula is C16H12BrClN2O. The second-order valence-electron chi connectivity index (χ2n) is 4.71. The van der Waals surface area contributed by atoms with Crippen LogP contribution in [0.25, 0.3) is 11.4 Å². The van der Waals surface area contributed by atoms with Gasteiger partial charge in [0.25, 0.3) is 0 Å². The highest BCUT2D eigenvalue weighted by Gasteiger charge is 2.08. The summed E-state index contributed by atoms with van der Waals surface area (Å²) in [5.41, 5.74) is 1.95. The number of benzene rings is 2. The molecule has 106 valence electrons. The zero-order valence-electron chi connectivity index (χ0n) is 11.0. The minimum atomic E-state index is 0.264. The van der Waals surface area contributed by atoms with Gasteiger partial charge in [0.15, 0.2) is 0 Å². The molecule has 0 amide bonds. The first-order chi connectivity index (χ1) is 10.1. The largest absolute Gasteiger partial charge is 0.508 e. The first-order valence-electron chi connectivity index (χ1n) is 6.37. The SMILES string of the molecule is Oc1cccc(Cn2ccnc2-c2cc(Cl)cc(Br)c2)c1. The fourth-order valence-electron chi connectivity index (χ4n) is 2.23. The first kappa shape index (κ1) is 14.2. The second-order valence-corrected chi connectivity index (χ2v) is 6.06. The van der Waals surface area contributed by atoms with E-state index in [-0.39, 0.29) is 5.75 Å². The summed E-state index contributed by atoms with van der Waals surface area (Å²) in [7, 11) is 0. The van der Waals surface area contributed by atoms with Gasteiger partial charge in [-0.25, -0.2) is 4.98 Å². The van der Waals surface area contributed by atoms with Gasteiger partial charge in [0, 0.05) is 34.0 Å². The van der Waals surface area contributed by atoms with Crippen LogP contribution in [0.5, 0.6) is 5.75 Å². The Labute approximate surface area is 136 Å². The van der Waals surface area contributed by atoms with E-state index in [9.17, 15) is 5.11 Å². The molecule has 21 heavy (non-hydrogen) atoms. The van der Waals surface area contributed by atoms with Crippen molar-refractivity contribution in [1.82, 2.24) is 9.55 Å². The lowest BCUT2D eigenvalue weighted by Crippen LogP contribution is -2.01. The number of phenolic OH excluding ortho intramolecular Hbond substituents is 1. The fraction of sp³-hybridized carbons (Fsp3) is 0.0625. The summed E-state index contributed by atoms with van der Waals surface area (Å²) >= 11 is 9.55. The van der Waals surface area contributed by atoms with Gasteiger partial charge in [-0.15, -0.1) is 0 Å². The third kappa shape index (κ3) is 3.28. The molecule has 0 saturated heterocycles. The van der Waals surface area contributed by atoms with Crippen molar-refractivity contribution in [3.05, 3.63) is 69.9 Å². The van der Waals surface area contributed by atoms with Gasteiger partial charge < -0.3 is 9.67 Å². The van der Waals surface area contributed by atoms with E-state index in [4.69, 9.17) is 11.6 Å². The van der Waals surface area contributed by atoms with Crippen molar-refractivity contribution in [2.75, 3.05) is 0 Å². The number of halogens is 2. The predicted molar refractivity (Wildman–Crippen MR) is 87.6 cm³/mol. The molecule has 3 rings (SSSR count). The van der Waals surface area contributed by atoms with Crippen molar-refractivity contribution in [3.63, 3.8) is 0 Å². The molecule has 0 fully saturated rings. The van der Waals surface area contributed by atoms with Crippen LogP contribution in [0.3, 0.4) is 0 Å². The highest BCUT2D eigenvalue weighted by atomic mass is 79.9. The molecule has 0 atom stereocenters. The molecule has 5 heteroatoms. The first-order valence-corrected chi connectivity index (χ1v) is 7.54. The third-order valence-corrected chi connectivity index (χ3v) is 3.78. The summed E-state index contributed by atoms with van der Waals surface area (Å²) in [6, 6.07) is 12.9. The van der Waals surface area contributed by atoms with E-state index < -0.39 is 0 Å². The lowest BCUT2D eigenvalue weighted by molar-refractivity contribution is 0.474. The Morgan fingerprint density at radius 1 is 1.19 bits per heavy atom. The maximum atomic E-state index is 9.55. The maximum Gasteiger partial charge on any atom is 0.140 e. The van der Waals surface area contributed by atoms with Crippen LogP contribution >= 0.6 is 27.5 Å². The molecule has 0 aliphatic heterocycles. The van der Waals surface area contributed by atoms with E-state index in [2.05, 4.69) is 20.9 Å². The standard InChI is InChI=1S/C16H12BrClN2O/c17-13-7-12(8-14(18)9-13)16-19-4-5-20(16)10-11-2-1-3-15(21)6-11/h1-9,21H,10H2. The zero-order valence-corrected chi connectivity index (χ0v) is 13.3. The summed E-state index contributed by atoms with van der Waals surface area (Å²) in [5.74, 6) is 1.10. The summed E-state index contributed by atoms with van der Waals surface area (Å²) in [5, 5.41) is 10.2. The Bertz CT molecular complexity index is 765. The number of imidazole rings is 1. The highest BCUT2D eigenvalue weighted by molar-refractivity contribution is 9.10. The van der Waals surface area contributed by atoms with Gasteiger partial charge in [-0.2, -0.15) is 0 Å². The molecule has 0 aliphatic carbocycles. The zero-order chi connectivity index (χ0) is 14.8. The van der Waals surface area contributed by atoms with Crippen LogP contribution in [0.1, 0.15) is 5.56 Å². The van der Waals surface area contributed by atoms with Crippen molar-refractivity contribution in [2.45, 2.75) is 6.54 Å². The summed E-state index contributed by atoms with van der Waals surface area (Å²) in [6.07, 6.45) is 3.67. The van der Waals surface area contributed by atoms with Crippen LogP contribution < -0.4 is 0 Å². The average molecular weight is 364 g/mol. The summed E-state index contributed by atoms with van der Waals surface area (Å²) < 4.78 is 2.93. The normalized spacial score (nSPS) is 10.8. The molecule has 1 N–H and O–H groups in total. The van der Waals surface area contributed by atoms with Crippen LogP contribution in [0.2, 0.25) is 5.02 Å². The number of rotatable bonds is 3. The number of nitrogens with zero attached hydrogens (tertiary/aromatic N) is 2. The molecule has 0 saturated carbocycles. The molecule has 3 aromatic rings. The van der Waals surface area contributed by atoms with Crippen LogP contribution in [0, 0.1) is 0 Å². The average Bonchev–Trinajstić information content (AvgIpc) is 2.85. The number of hydrogen-bond acceptors (Lipinski definition) is 2. The van der Waals surface area contributed by atoms with Crippen LogP contribution in [-0.4, -0.2) is 14.7 Å². The van der Waals surface area contributed by atoms with Gasteiger partial charge in [-0.05, 0) is 35.9 Å². The van der Waals surface area contributed by atoms with Gasteiger partial charge >= 0.3 is 0 Å². The molecule has 0 spiro atoms. The Morgan fingerprint density at radius 3 is 2.81 bits per heavy atom. The Kier molecular flexibility index (Phi) is 3.99. The fourth-order valence-corrected chi connectivity index (χ4v) is 3.09. The smallest absolute Gasteiger partial charge is 0.140 e. The maximum absolute atomic E-state index is 9.55. The number of hydrogen-bond donors (Lipinski definition) is 1. The van der Waals surface area contributed by atoms with E-state index in [1.165, 1.54) is 0 Å².